The minimum absolute atomic E-state index is 0.325. The average Bonchev–Trinajstić information content (AvgIpc) is 2.31. The molecular weight excluding hydrogens is 246 g/mol. The van der Waals surface area contributed by atoms with Crippen molar-refractivity contribution < 1.29 is 18.4 Å². The van der Waals surface area contributed by atoms with Gasteiger partial charge >= 0.3 is 0 Å². The van der Waals surface area contributed by atoms with Gasteiger partial charge in [-0.2, -0.15) is 0 Å². The summed E-state index contributed by atoms with van der Waals surface area (Å²) < 4.78 is 31.9. The molecule has 0 atom stereocenters. The zero-order chi connectivity index (χ0) is 13.5. The van der Waals surface area contributed by atoms with E-state index in [9.17, 15) is 18.9 Å². The van der Waals surface area contributed by atoms with Crippen molar-refractivity contribution in [2.75, 3.05) is 25.1 Å². The van der Waals surface area contributed by atoms with Gasteiger partial charge in [-0.05, 0) is 13.3 Å². The summed E-state index contributed by atoms with van der Waals surface area (Å²) in [5, 5.41) is 12.9. The topological polar surface area (TPSA) is 64.4 Å². The molecule has 18 heavy (non-hydrogen) atoms. The number of benzene rings is 1. The maximum absolute atomic E-state index is 13.4. The van der Waals surface area contributed by atoms with Crippen molar-refractivity contribution in [2.45, 2.75) is 13.3 Å². The smallest absolute Gasteiger partial charge is 0.275 e. The predicted molar refractivity (Wildman–Crippen MR) is 62.6 cm³/mol. The van der Waals surface area contributed by atoms with E-state index >= 15 is 0 Å². The van der Waals surface area contributed by atoms with Gasteiger partial charge in [0.2, 0.25) is 0 Å². The fourth-order valence-electron chi connectivity index (χ4n) is 1.37. The van der Waals surface area contributed by atoms with Gasteiger partial charge in [0.15, 0.2) is 11.6 Å². The van der Waals surface area contributed by atoms with Crippen molar-refractivity contribution in [3.8, 4) is 0 Å². The molecule has 0 aliphatic rings. The normalized spacial score (nSPS) is 10.4. The van der Waals surface area contributed by atoms with Gasteiger partial charge in [0.1, 0.15) is 5.69 Å². The molecular formula is C11H14F2N2O3. The van der Waals surface area contributed by atoms with Crippen LogP contribution >= 0.6 is 0 Å². The lowest BCUT2D eigenvalue weighted by molar-refractivity contribution is -0.385. The highest BCUT2D eigenvalue weighted by atomic mass is 19.1. The fourth-order valence-corrected chi connectivity index (χ4v) is 1.37. The van der Waals surface area contributed by atoms with Crippen LogP contribution < -0.4 is 5.32 Å². The van der Waals surface area contributed by atoms with Crippen LogP contribution in [-0.4, -0.2) is 24.7 Å². The van der Waals surface area contributed by atoms with Crippen LogP contribution in [0.25, 0.3) is 0 Å². The minimum Gasteiger partial charge on any atom is -0.382 e. The van der Waals surface area contributed by atoms with E-state index in [-0.39, 0.29) is 5.69 Å². The summed E-state index contributed by atoms with van der Waals surface area (Å²) >= 11 is 0. The second-order valence-electron chi connectivity index (χ2n) is 3.52. The first-order chi connectivity index (χ1) is 8.56. The van der Waals surface area contributed by atoms with Crippen molar-refractivity contribution in [2.24, 2.45) is 0 Å². The van der Waals surface area contributed by atoms with Crippen molar-refractivity contribution in [3.63, 3.8) is 0 Å². The molecule has 5 nitrogen and oxygen atoms in total. The molecule has 1 aromatic carbocycles. The number of hydrogen-bond acceptors (Lipinski definition) is 4. The highest BCUT2D eigenvalue weighted by molar-refractivity contribution is 5.51. The lowest BCUT2D eigenvalue weighted by Gasteiger charge is -2.08. The summed E-state index contributed by atoms with van der Waals surface area (Å²) in [7, 11) is 0. The molecule has 0 heterocycles. The number of nitrogens with zero attached hydrogens (tertiary/aromatic N) is 1. The summed E-state index contributed by atoms with van der Waals surface area (Å²) in [4.78, 5) is 9.54. The Hall–Kier alpha value is -1.76. The van der Waals surface area contributed by atoms with Gasteiger partial charge in [0.05, 0.1) is 17.1 Å². The van der Waals surface area contributed by atoms with Crippen molar-refractivity contribution >= 4 is 11.4 Å². The van der Waals surface area contributed by atoms with Gasteiger partial charge in [-0.1, -0.05) is 0 Å². The quantitative estimate of drug-likeness (QED) is 0.465. The number of non-ortho nitro benzene ring substituents is 1. The first kappa shape index (κ1) is 14.3. The third kappa shape index (κ3) is 3.92. The maximum atomic E-state index is 13.4. The van der Waals surface area contributed by atoms with Crippen molar-refractivity contribution in [1.29, 1.82) is 0 Å². The molecule has 0 spiro atoms. The van der Waals surface area contributed by atoms with Crippen molar-refractivity contribution in [1.82, 2.24) is 0 Å². The molecule has 0 amide bonds. The summed E-state index contributed by atoms with van der Waals surface area (Å²) in [6, 6.07) is 1.38. The van der Waals surface area contributed by atoms with Crippen LogP contribution in [0.1, 0.15) is 13.3 Å². The summed E-state index contributed by atoms with van der Waals surface area (Å²) in [5.41, 5.74) is -0.957. The molecule has 0 aromatic heterocycles. The monoisotopic (exact) mass is 260 g/mol. The van der Waals surface area contributed by atoms with Gasteiger partial charge in [-0.25, -0.2) is 8.78 Å². The number of hydrogen-bond donors (Lipinski definition) is 1. The van der Waals surface area contributed by atoms with E-state index in [1.807, 2.05) is 6.92 Å². The van der Waals surface area contributed by atoms with Gasteiger partial charge in [-0.15, -0.1) is 0 Å². The van der Waals surface area contributed by atoms with Crippen LogP contribution in [0, 0.1) is 21.7 Å². The Kier molecular flexibility index (Phi) is 5.44. The first-order valence-corrected chi connectivity index (χ1v) is 5.51. The Morgan fingerprint density at radius 2 is 2.00 bits per heavy atom. The van der Waals surface area contributed by atoms with Crippen LogP contribution in [0.2, 0.25) is 0 Å². The number of ether oxygens (including phenoxy) is 1. The lowest BCUT2D eigenvalue weighted by Crippen LogP contribution is -2.09. The molecule has 0 saturated heterocycles. The molecule has 0 bridgehead atoms. The zero-order valence-electron chi connectivity index (χ0n) is 9.91. The van der Waals surface area contributed by atoms with Crippen LogP contribution in [0.4, 0.5) is 20.2 Å². The molecule has 100 valence electrons. The summed E-state index contributed by atoms with van der Waals surface area (Å²) in [5.74, 6) is -1.95. The Labute approximate surface area is 103 Å². The molecule has 0 aliphatic carbocycles. The Morgan fingerprint density at radius 3 is 2.50 bits per heavy atom. The molecule has 1 N–H and O–H groups in total. The van der Waals surface area contributed by atoms with E-state index < -0.39 is 22.2 Å². The van der Waals surface area contributed by atoms with E-state index in [2.05, 4.69) is 5.32 Å². The van der Waals surface area contributed by atoms with Crippen LogP contribution in [0.3, 0.4) is 0 Å². The second-order valence-corrected chi connectivity index (χ2v) is 3.52. The van der Waals surface area contributed by atoms with E-state index in [0.717, 1.165) is 0 Å². The molecule has 1 aromatic rings. The van der Waals surface area contributed by atoms with Gasteiger partial charge in [0, 0.05) is 19.8 Å². The van der Waals surface area contributed by atoms with Crippen LogP contribution in [-0.2, 0) is 4.74 Å². The highest BCUT2D eigenvalue weighted by Gasteiger charge is 2.16. The Balaban J connectivity index is 2.63. The third-order valence-electron chi connectivity index (χ3n) is 2.21. The first-order valence-electron chi connectivity index (χ1n) is 5.51. The van der Waals surface area contributed by atoms with E-state index in [1.54, 1.807) is 0 Å². The van der Waals surface area contributed by atoms with Crippen LogP contribution in [0.15, 0.2) is 12.1 Å². The molecule has 0 radical (unpaired) electrons. The third-order valence-corrected chi connectivity index (χ3v) is 2.21. The highest BCUT2D eigenvalue weighted by Crippen LogP contribution is 2.24. The Morgan fingerprint density at radius 1 is 1.39 bits per heavy atom. The number of halogens is 2. The molecule has 0 aliphatic heterocycles. The standard InChI is InChI=1S/C11H14F2N2O3/c1-2-18-5-3-4-14-11-9(12)6-8(15(16)17)7-10(11)13/h6-7,14H,2-5H2,1H3. The van der Waals surface area contributed by atoms with E-state index in [1.165, 1.54) is 0 Å². The van der Waals surface area contributed by atoms with Gasteiger partial charge in [-0.3, -0.25) is 10.1 Å². The molecule has 7 heteroatoms. The molecule has 0 saturated carbocycles. The predicted octanol–water partition coefficient (Wildman–Crippen LogP) is 2.71. The largest absolute Gasteiger partial charge is 0.382 e. The van der Waals surface area contributed by atoms with E-state index in [0.29, 0.717) is 38.3 Å². The second kappa shape index (κ2) is 6.85. The minimum atomic E-state index is -0.974. The SMILES string of the molecule is CCOCCCNc1c(F)cc([N+](=O)[O-])cc1F. The lowest BCUT2D eigenvalue weighted by atomic mass is 10.2. The van der Waals surface area contributed by atoms with Crippen molar-refractivity contribution in [3.05, 3.63) is 33.9 Å². The summed E-state index contributed by atoms with van der Waals surface area (Å²) in [6.07, 6.45) is 0.587. The number of nitrogens with one attached hydrogen (secondary N) is 1. The van der Waals surface area contributed by atoms with Gasteiger partial charge in [0.25, 0.3) is 5.69 Å². The van der Waals surface area contributed by atoms with E-state index in [4.69, 9.17) is 4.74 Å². The number of anilines is 1. The zero-order valence-corrected chi connectivity index (χ0v) is 9.91. The fraction of sp³-hybridized carbons (Fsp3) is 0.455. The maximum Gasteiger partial charge on any atom is 0.275 e. The van der Waals surface area contributed by atoms with Gasteiger partial charge < -0.3 is 10.1 Å². The number of rotatable bonds is 7. The summed E-state index contributed by atoms with van der Waals surface area (Å²) in [6.45, 7) is 3.24. The van der Waals surface area contributed by atoms with Crippen LogP contribution in [0.5, 0.6) is 0 Å². The Bertz CT molecular complexity index is 404. The molecule has 0 unspecified atom stereocenters. The average molecular weight is 260 g/mol. The number of nitro benzene ring substituents is 1. The number of nitro groups is 1. The molecule has 0 fully saturated rings. The molecule has 1 rings (SSSR count).